The van der Waals surface area contributed by atoms with Crippen LogP contribution in [0.4, 0.5) is 5.69 Å². The molecule has 1 aliphatic carbocycles. The van der Waals surface area contributed by atoms with Crippen LogP contribution in [0.1, 0.15) is 54.1 Å². The van der Waals surface area contributed by atoms with Crippen LogP contribution in [0.25, 0.3) is 22.4 Å². The molecule has 2 aromatic carbocycles. The summed E-state index contributed by atoms with van der Waals surface area (Å²) in [5.41, 5.74) is 7.23. The number of nitrogens with one attached hydrogen (secondary N) is 2. The molecule has 9 heteroatoms. The fraction of sp³-hybridized carbons (Fsp3) is 0.321. The summed E-state index contributed by atoms with van der Waals surface area (Å²) in [6, 6.07) is 14.2. The van der Waals surface area contributed by atoms with Crippen molar-refractivity contribution in [2.75, 3.05) is 12.5 Å². The minimum atomic E-state index is -0.842. The van der Waals surface area contributed by atoms with Crippen molar-refractivity contribution in [2.24, 2.45) is 5.84 Å². The van der Waals surface area contributed by atoms with E-state index in [1.807, 2.05) is 24.3 Å². The highest BCUT2D eigenvalue weighted by Crippen LogP contribution is 2.36. The number of carbonyl (C=O) groups excluding carboxylic acids is 2. The van der Waals surface area contributed by atoms with E-state index in [2.05, 4.69) is 15.3 Å². The number of anilines is 1. The van der Waals surface area contributed by atoms with Gasteiger partial charge in [0.05, 0.1) is 30.0 Å². The number of nitrogens with two attached hydrogens (primary N) is 1. The van der Waals surface area contributed by atoms with Crippen LogP contribution in [0.5, 0.6) is 0 Å². The smallest absolute Gasteiger partial charge is 0.328 e. The lowest BCUT2D eigenvalue weighted by molar-refractivity contribution is -0.142. The molecule has 37 heavy (non-hydrogen) atoms. The summed E-state index contributed by atoms with van der Waals surface area (Å²) in [7, 11) is 1.31. The summed E-state index contributed by atoms with van der Waals surface area (Å²) < 4.78 is 12.6. The summed E-state index contributed by atoms with van der Waals surface area (Å²) in [6.45, 7) is 0. The van der Waals surface area contributed by atoms with Crippen molar-refractivity contribution in [3.63, 3.8) is 0 Å². The average molecular weight is 502 g/mol. The quantitative estimate of drug-likeness (QED) is 0.183. The average Bonchev–Trinajstić information content (AvgIpc) is 3.61. The van der Waals surface area contributed by atoms with Gasteiger partial charge in [0.2, 0.25) is 0 Å². The van der Waals surface area contributed by atoms with Gasteiger partial charge in [-0.3, -0.25) is 10.6 Å². The third kappa shape index (κ3) is 5.22. The van der Waals surface area contributed by atoms with Crippen LogP contribution in [0, 0.1) is 0 Å². The molecule has 1 atom stereocenters. The number of benzene rings is 2. The third-order valence-corrected chi connectivity index (χ3v) is 7.02. The van der Waals surface area contributed by atoms with E-state index in [0.717, 1.165) is 46.5 Å². The zero-order valence-corrected chi connectivity index (χ0v) is 20.8. The largest absolute Gasteiger partial charge is 0.472 e. The number of imidazole rings is 1. The Morgan fingerprint density at radius 3 is 2.59 bits per heavy atom. The maximum atomic E-state index is 13.2. The third-order valence-electron chi connectivity index (χ3n) is 7.02. The molecule has 0 radical (unpaired) electrons. The van der Waals surface area contributed by atoms with Gasteiger partial charge in [-0.05, 0) is 54.8 Å². The Balaban J connectivity index is 1.42. The summed E-state index contributed by atoms with van der Waals surface area (Å²) in [6.07, 6.45) is 9.46. The predicted octanol–water partition coefficient (Wildman–Crippen LogP) is 4.60. The number of nitrogen functional groups attached to an aromatic ring is 1. The number of fused-ring (bicyclic) bond motifs is 1. The molecule has 9 nitrogen and oxygen atoms in total. The minimum Gasteiger partial charge on any atom is -0.472 e. The fourth-order valence-corrected chi connectivity index (χ4v) is 5.09. The number of rotatable bonds is 8. The van der Waals surface area contributed by atoms with Gasteiger partial charge in [0.15, 0.2) is 0 Å². The minimum absolute atomic E-state index is 0.284. The van der Waals surface area contributed by atoms with Gasteiger partial charge in [-0.1, -0.05) is 31.4 Å². The Kier molecular flexibility index (Phi) is 7.23. The SMILES string of the molecule is COC(=O)[C@H](Cc1ccc(NN)cc1)NC(=O)c1ccc2c(c1)nc(-c1ccoc1)n2C1CCCCC1. The van der Waals surface area contributed by atoms with Gasteiger partial charge in [0.25, 0.3) is 5.91 Å². The molecule has 0 bridgehead atoms. The number of hydrazine groups is 1. The number of aromatic nitrogens is 2. The number of ether oxygens (including phenoxy) is 1. The highest BCUT2D eigenvalue weighted by Gasteiger charge is 2.25. The number of methoxy groups -OCH3 is 1. The van der Waals surface area contributed by atoms with Crippen molar-refractivity contribution in [1.82, 2.24) is 14.9 Å². The molecule has 1 saturated carbocycles. The van der Waals surface area contributed by atoms with Crippen molar-refractivity contribution in [1.29, 1.82) is 0 Å². The van der Waals surface area contributed by atoms with Crippen LogP contribution in [0.15, 0.2) is 65.5 Å². The van der Waals surface area contributed by atoms with E-state index in [1.165, 1.54) is 26.4 Å². The topological polar surface area (TPSA) is 124 Å². The lowest BCUT2D eigenvalue weighted by Crippen LogP contribution is -2.43. The van der Waals surface area contributed by atoms with Crippen molar-refractivity contribution < 1.29 is 18.7 Å². The Morgan fingerprint density at radius 1 is 1.14 bits per heavy atom. The second-order valence-corrected chi connectivity index (χ2v) is 9.41. The molecule has 2 heterocycles. The van der Waals surface area contributed by atoms with E-state index in [0.29, 0.717) is 11.6 Å². The Hall–Kier alpha value is -4.11. The van der Waals surface area contributed by atoms with Gasteiger partial charge in [0, 0.05) is 23.7 Å². The number of nitrogens with zero attached hydrogens (tertiary/aromatic N) is 2. The van der Waals surface area contributed by atoms with Crippen molar-refractivity contribution >= 4 is 28.6 Å². The molecule has 192 valence electrons. The van der Waals surface area contributed by atoms with Gasteiger partial charge < -0.3 is 24.5 Å². The maximum Gasteiger partial charge on any atom is 0.328 e. The lowest BCUT2D eigenvalue weighted by Gasteiger charge is -2.25. The van der Waals surface area contributed by atoms with E-state index in [9.17, 15) is 9.59 Å². The molecule has 1 aliphatic rings. The predicted molar refractivity (Wildman–Crippen MR) is 141 cm³/mol. The Bertz CT molecular complexity index is 1370. The molecule has 0 aliphatic heterocycles. The fourth-order valence-electron chi connectivity index (χ4n) is 5.09. The van der Waals surface area contributed by atoms with Crippen LogP contribution in [-0.2, 0) is 16.0 Å². The van der Waals surface area contributed by atoms with E-state index in [1.54, 1.807) is 36.8 Å². The van der Waals surface area contributed by atoms with Crippen molar-refractivity contribution in [2.45, 2.75) is 50.6 Å². The molecular formula is C28H31N5O4. The van der Waals surface area contributed by atoms with Gasteiger partial charge in [-0.2, -0.15) is 0 Å². The molecule has 4 N–H and O–H groups in total. The van der Waals surface area contributed by atoms with E-state index < -0.39 is 12.0 Å². The molecule has 2 aromatic heterocycles. The molecule has 1 fully saturated rings. The Labute approximate surface area is 215 Å². The highest BCUT2D eigenvalue weighted by atomic mass is 16.5. The Morgan fingerprint density at radius 2 is 1.92 bits per heavy atom. The van der Waals surface area contributed by atoms with Gasteiger partial charge in [-0.25, -0.2) is 9.78 Å². The first-order chi connectivity index (χ1) is 18.1. The normalized spacial score (nSPS) is 14.9. The van der Waals surface area contributed by atoms with Crippen LogP contribution in [-0.4, -0.2) is 34.6 Å². The number of amides is 1. The number of carbonyl (C=O) groups is 2. The second kappa shape index (κ2) is 10.9. The number of furan rings is 1. The molecule has 4 aromatic rings. The van der Waals surface area contributed by atoms with Gasteiger partial charge in [0.1, 0.15) is 18.1 Å². The summed E-state index contributed by atoms with van der Waals surface area (Å²) >= 11 is 0. The zero-order valence-electron chi connectivity index (χ0n) is 20.8. The lowest BCUT2D eigenvalue weighted by atomic mass is 9.95. The summed E-state index contributed by atoms with van der Waals surface area (Å²) in [5.74, 6) is 5.39. The van der Waals surface area contributed by atoms with Crippen molar-refractivity contribution in [3.8, 4) is 11.4 Å². The number of hydrogen-bond donors (Lipinski definition) is 3. The standard InChI is InChI=1S/C28H31N5O4/c1-36-28(35)24(15-18-7-10-21(32-29)11-8-18)31-27(34)19-9-12-25-23(16-19)30-26(20-13-14-37-17-20)33(25)22-5-3-2-4-6-22/h7-14,16-17,22,24,32H,2-6,15,29H2,1H3,(H,31,34)/t24-/m0/s1. The first kappa shape index (κ1) is 24.6. The molecular weight excluding hydrogens is 470 g/mol. The van der Waals surface area contributed by atoms with E-state index in [4.69, 9.17) is 20.0 Å². The first-order valence-corrected chi connectivity index (χ1v) is 12.6. The van der Waals surface area contributed by atoms with Gasteiger partial charge >= 0.3 is 5.97 Å². The molecule has 0 spiro atoms. The highest BCUT2D eigenvalue weighted by molar-refractivity contribution is 5.99. The molecule has 5 rings (SSSR count). The van der Waals surface area contributed by atoms with Crippen LogP contribution in [0.3, 0.4) is 0 Å². The number of hydrogen-bond acceptors (Lipinski definition) is 7. The van der Waals surface area contributed by atoms with Crippen LogP contribution < -0.4 is 16.6 Å². The van der Waals surface area contributed by atoms with E-state index >= 15 is 0 Å². The zero-order chi connectivity index (χ0) is 25.8. The van der Waals surface area contributed by atoms with Crippen molar-refractivity contribution in [3.05, 3.63) is 72.2 Å². The summed E-state index contributed by atoms with van der Waals surface area (Å²) in [5, 5.41) is 2.83. The second-order valence-electron chi connectivity index (χ2n) is 9.41. The molecule has 1 amide bonds. The first-order valence-electron chi connectivity index (χ1n) is 12.6. The van der Waals surface area contributed by atoms with Crippen LogP contribution >= 0.6 is 0 Å². The monoisotopic (exact) mass is 501 g/mol. The molecule has 0 unspecified atom stereocenters. The molecule has 0 saturated heterocycles. The number of esters is 1. The maximum absolute atomic E-state index is 13.2. The van der Waals surface area contributed by atoms with Crippen LogP contribution in [0.2, 0.25) is 0 Å². The summed E-state index contributed by atoms with van der Waals surface area (Å²) in [4.78, 5) is 30.6. The van der Waals surface area contributed by atoms with Gasteiger partial charge in [-0.15, -0.1) is 0 Å². The van der Waals surface area contributed by atoms with E-state index in [-0.39, 0.29) is 12.3 Å².